The third-order valence-electron chi connectivity index (χ3n) is 6.54. The molecule has 1 aromatic heterocycles. The standard InChI is InChI=1S/C24H26F3N5O/c25-24(26,27)23(9-13-30(18-23)17-19-6-2-1-3-7-19)22(33)32-12-5-11-31(14-15-32)21-20(16-28)8-4-10-29-21/h1-4,6-8,10H,5,9,11-15,17-18H2. The topological polar surface area (TPSA) is 63.5 Å². The molecule has 4 rings (SSSR count). The van der Waals surface area contributed by atoms with Crippen LogP contribution in [-0.4, -0.2) is 66.1 Å². The van der Waals surface area contributed by atoms with Crippen molar-refractivity contribution >= 4 is 11.7 Å². The van der Waals surface area contributed by atoms with Crippen LogP contribution in [-0.2, 0) is 11.3 Å². The van der Waals surface area contributed by atoms with Gasteiger partial charge in [0.05, 0.1) is 5.56 Å². The van der Waals surface area contributed by atoms with Crippen LogP contribution < -0.4 is 4.90 Å². The highest BCUT2D eigenvalue weighted by Crippen LogP contribution is 2.47. The number of anilines is 1. The number of carbonyl (C=O) groups is 1. The van der Waals surface area contributed by atoms with Crippen molar-refractivity contribution in [3.8, 4) is 6.07 Å². The number of halogens is 3. The molecule has 9 heteroatoms. The Labute approximate surface area is 191 Å². The van der Waals surface area contributed by atoms with Crippen LogP contribution in [0.1, 0.15) is 24.0 Å². The number of hydrogen-bond acceptors (Lipinski definition) is 5. The molecule has 1 aromatic carbocycles. The molecule has 1 unspecified atom stereocenters. The summed E-state index contributed by atoms with van der Waals surface area (Å²) in [5.41, 5.74) is -1.05. The van der Waals surface area contributed by atoms with Crippen molar-refractivity contribution in [3.63, 3.8) is 0 Å². The first-order chi connectivity index (χ1) is 15.8. The molecule has 2 fully saturated rings. The zero-order valence-electron chi connectivity index (χ0n) is 18.3. The van der Waals surface area contributed by atoms with Crippen LogP contribution >= 0.6 is 0 Å². The van der Waals surface area contributed by atoms with E-state index < -0.39 is 17.5 Å². The lowest BCUT2D eigenvalue weighted by molar-refractivity contribution is -0.223. The summed E-state index contributed by atoms with van der Waals surface area (Å²) in [5.74, 6) is -0.330. The maximum absolute atomic E-state index is 14.3. The fourth-order valence-electron chi connectivity index (χ4n) is 4.76. The molecule has 6 nitrogen and oxygen atoms in total. The van der Waals surface area contributed by atoms with Crippen molar-refractivity contribution in [2.75, 3.05) is 44.2 Å². The Morgan fingerprint density at radius 2 is 1.85 bits per heavy atom. The Balaban J connectivity index is 1.49. The van der Waals surface area contributed by atoms with E-state index in [9.17, 15) is 23.2 Å². The van der Waals surface area contributed by atoms with Gasteiger partial charge < -0.3 is 9.80 Å². The lowest BCUT2D eigenvalue weighted by Gasteiger charge is -2.35. The zero-order valence-corrected chi connectivity index (χ0v) is 18.3. The Morgan fingerprint density at radius 1 is 1.06 bits per heavy atom. The number of likely N-dealkylation sites (tertiary alicyclic amines) is 1. The van der Waals surface area contributed by atoms with Crippen molar-refractivity contribution in [2.45, 2.75) is 25.6 Å². The van der Waals surface area contributed by atoms with Crippen LogP contribution in [0.4, 0.5) is 19.0 Å². The van der Waals surface area contributed by atoms with Crippen molar-refractivity contribution in [1.29, 1.82) is 5.26 Å². The second-order valence-electron chi connectivity index (χ2n) is 8.65. The molecule has 2 aromatic rings. The van der Waals surface area contributed by atoms with Gasteiger partial charge in [0.15, 0.2) is 5.41 Å². The second kappa shape index (κ2) is 9.40. The van der Waals surface area contributed by atoms with Crippen LogP contribution in [0.5, 0.6) is 0 Å². The summed E-state index contributed by atoms with van der Waals surface area (Å²) in [7, 11) is 0. The maximum Gasteiger partial charge on any atom is 0.404 e. The number of pyridine rings is 1. The molecule has 33 heavy (non-hydrogen) atoms. The molecule has 2 saturated heterocycles. The minimum atomic E-state index is -4.63. The van der Waals surface area contributed by atoms with E-state index in [1.165, 1.54) is 4.90 Å². The fourth-order valence-corrected chi connectivity index (χ4v) is 4.76. The van der Waals surface area contributed by atoms with Crippen molar-refractivity contribution < 1.29 is 18.0 Å². The molecular weight excluding hydrogens is 431 g/mol. The van der Waals surface area contributed by atoms with Crippen molar-refractivity contribution in [2.24, 2.45) is 5.41 Å². The van der Waals surface area contributed by atoms with E-state index in [-0.39, 0.29) is 32.6 Å². The summed E-state index contributed by atoms with van der Waals surface area (Å²) in [6.07, 6.45) is -2.77. The molecular formula is C24H26F3N5O. The van der Waals surface area contributed by atoms with Gasteiger partial charge in [-0.3, -0.25) is 9.69 Å². The van der Waals surface area contributed by atoms with Gasteiger partial charge in [-0.15, -0.1) is 0 Å². The summed E-state index contributed by atoms with van der Waals surface area (Å²) in [6.45, 7) is 1.55. The summed E-state index contributed by atoms with van der Waals surface area (Å²) in [6, 6.07) is 14.8. The molecule has 0 saturated carbocycles. The molecule has 0 spiro atoms. The lowest BCUT2D eigenvalue weighted by Crippen LogP contribution is -2.54. The normalized spacial score (nSPS) is 22.1. The van der Waals surface area contributed by atoms with Gasteiger partial charge >= 0.3 is 6.18 Å². The summed E-state index contributed by atoms with van der Waals surface area (Å²) in [5, 5.41) is 9.35. The third kappa shape index (κ3) is 4.67. The molecule has 0 aliphatic carbocycles. The third-order valence-corrected chi connectivity index (χ3v) is 6.54. The maximum atomic E-state index is 14.3. The minimum Gasteiger partial charge on any atom is -0.354 e. The smallest absolute Gasteiger partial charge is 0.354 e. The van der Waals surface area contributed by atoms with Gasteiger partial charge in [-0.05, 0) is 37.1 Å². The molecule has 0 bridgehead atoms. The van der Waals surface area contributed by atoms with Crippen LogP contribution in [0.15, 0.2) is 48.7 Å². The van der Waals surface area contributed by atoms with Gasteiger partial charge in [-0.1, -0.05) is 30.3 Å². The molecule has 3 heterocycles. The summed E-state index contributed by atoms with van der Waals surface area (Å²) in [4.78, 5) is 22.6. The Morgan fingerprint density at radius 3 is 2.58 bits per heavy atom. The Hall–Kier alpha value is -3.12. The first-order valence-electron chi connectivity index (χ1n) is 11.1. The van der Waals surface area contributed by atoms with E-state index in [0.29, 0.717) is 37.4 Å². The van der Waals surface area contributed by atoms with Crippen LogP contribution in [0, 0.1) is 16.7 Å². The molecule has 0 N–H and O–H groups in total. The van der Waals surface area contributed by atoms with E-state index in [4.69, 9.17) is 0 Å². The van der Waals surface area contributed by atoms with E-state index in [1.807, 2.05) is 35.2 Å². The number of rotatable bonds is 4. The number of nitriles is 1. The number of benzene rings is 1. The molecule has 2 aliphatic heterocycles. The predicted octanol–water partition coefficient (Wildman–Crippen LogP) is 3.45. The second-order valence-corrected chi connectivity index (χ2v) is 8.65. The number of nitrogens with zero attached hydrogens (tertiary/aromatic N) is 5. The predicted molar refractivity (Wildman–Crippen MR) is 117 cm³/mol. The van der Waals surface area contributed by atoms with Crippen LogP contribution in [0.25, 0.3) is 0 Å². The SMILES string of the molecule is N#Cc1cccnc1N1CCCN(C(=O)C2(C(F)(F)F)CCN(Cc3ccccc3)C2)CC1. The lowest BCUT2D eigenvalue weighted by atomic mass is 9.84. The van der Waals surface area contributed by atoms with Crippen LogP contribution in [0.3, 0.4) is 0 Å². The molecule has 0 radical (unpaired) electrons. The first kappa shape index (κ1) is 23.1. The van der Waals surface area contributed by atoms with E-state index >= 15 is 0 Å². The average Bonchev–Trinajstić information content (AvgIpc) is 3.10. The number of amides is 1. The highest BCUT2D eigenvalue weighted by molar-refractivity contribution is 5.84. The van der Waals surface area contributed by atoms with Gasteiger partial charge in [0.2, 0.25) is 5.91 Å². The average molecular weight is 458 g/mol. The van der Waals surface area contributed by atoms with E-state index in [0.717, 1.165) is 5.56 Å². The van der Waals surface area contributed by atoms with Gasteiger partial charge in [-0.2, -0.15) is 18.4 Å². The van der Waals surface area contributed by atoms with Crippen LogP contribution in [0.2, 0.25) is 0 Å². The molecule has 1 amide bonds. The number of alkyl halides is 3. The van der Waals surface area contributed by atoms with E-state index in [1.54, 1.807) is 23.2 Å². The Bertz CT molecular complexity index is 1020. The largest absolute Gasteiger partial charge is 0.404 e. The zero-order chi connectivity index (χ0) is 23.5. The Kier molecular flexibility index (Phi) is 6.56. The first-order valence-corrected chi connectivity index (χ1v) is 11.1. The molecule has 174 valence electrons. The quantitative estimate of drug-likeness (QED) is 0.704. The van der Waals surface area contributed by atoms with Crippen molar-refractivity contribution in [3.05, 3.63) is 59.8 Å². The number of carbonyl (C=O) groups excluding carboxylic acids is 1. The molecule has 2 aliphatic rings. The van der Waals surface area contributed by atoms with Crippen molar-refractivity contribution in [1.82, 2.24) is 14.8 Å². The van der Waals surface area contributed by atoms with Gasteiger partial charge in [0.25, 0.3) is 0 Å². The fraction of sp³-hybridized carbons (Fsp3) is 0.458. The van der Waals surface area contributed by atoms with Gasteiger partial charge in [-0.25, -0.2) is 4.98 Å². The summed E-state index contributed by atoms with van der Waals surface area (Å²) >= 11 is 0. The summed E-state index contributed by atoms with van der Waals surface area (Å²) < 4.78 is 43.0. The van der Waals surface area contributed by atoms with E-state index in [2.05, 4.69) is 11.1 Å². The highest BCUT2D eigenvalue weighted by atomic mass is 19.4. The minimum absolute atomic E-state index is 0.163. The number of hydrogen-bond donors (Lipinski definition) is 0. The highest BCUT2D eigenvalue weighted by Gasteiger charge is 2.63. The van der Waals surface area contributed by atoms with Gasteiger partial charge in [0.1, 0.15) is 11.9 Å². The molecule has 1 atom stereocenters. The number of aromatic nitrogens is 1. The monoisotopic (exact) mass is 457 g/mol. The van der Waals surface area contributed by atoms with Gasteiger partial charge in [0, 0.05) is 45.5 Å².